The number of aryl methyl sites for hydroxylation is 1. The van der Waals surface area contributed by atoms with E-state index in [-0.39, 0.29) is 0 Å². The van der Waals surface area contributed by atoms with Crippen LogP contribution < -0.4 is 4.74 Å². The third-order valence-corrected chi connectivity index (χ3v) is 4.22. The number of rotatable bonds is 9. The van der Waals surface area contributed by atoms with Crippen molar-refractivity contribution in [1.29, 1.82) is 0 Å². The molecule has 142 valence electrons. The summed E-state index contributed by atoms with van der Waals surface area (Å²) in [6.07, 6.45) is -3.56. The third-order valence-electron chi connectivity index (χ3n) is 4.22. The van der Waals surface area contributed by atoms with Gasteiger partial charge in [-0.2, -0.15) is 0 Å². The molecule has 0 saturated carbocycles. The standard InChI is InChI=1S/C18H28O7/c1-2-23-13-8-6-12(7-9-13)5-3-4-10-24-18-17(22)16(21)15(20)14(11-19)25-18/h6-9,14-22H,2-5,10-11H2,1H3/t14?,15-,16+,17-,18-/m1/s1. The van der Waals surface area contributed by atoms with Crippen LogP contribution in [0, 0.1) is 0 Å². The summed E-state index contributed by atoms with van der Waals surface area (Å²) in [5.41, 5.74) is 1.20. The molecule has 1 aromatic carbocycles. The van der Waals surface area contributed by atoms with Crippen LogP contribution in [0.2, 0.25) is 0 Å². The molecule has 1 fully saturated rings. The van der Waals surface area contributed by atoms with E-state index in [0.717, 1.165) is 25.0 Å². The van der Waals surface area contributed by atoms with Gasteiger partial charge in [-0.1, -0.05) is 12.1 Å². The van der Waals surface area contributed by atoms with E-state index in [1.807, 2.05) is 31.2 Å². The molecule has 7 heteroatoms. The van der Waals surface area contributed by atoms with E-state index in [1.54, 1.807) is 0 Å². The number of unbranched alkanes of at least 4 members (excludes halogenated alkanes) is 1. The highest BCUT2D eigenvalue weighted by Gasteiger charge is 2.43. The van der Waals surface area contributed by atoms with Crippen LogP contribution in [0.15, 0.2) is 24.3 Å². The van der Waals surface area contributed by atoms with Gasteiger partial charge in [0.25, 0.3) is 0 Å². The lowest BCUT2D eigenvalue weighted by Gasteiger charge is -2.39. The van der Waals surface area contributed by atoms with Crippen molar-refractivity contribution >= 4 is 0 Å². The molecule has 0 aliphatic carbocycles. The first-order valence-corrected chi connectivity index (χ1v) is 8.70. The highest BCUT2D eigenvalue weighted by Crippen LogP contribution is 2.22. The minimum atomic E-state index is -1.40. The minimum Gasteiger partial charge on any atom is -0.494 e. The topological polar surface area (TPSA) is 109 Å². The van der Waals surface area contributed by atoms with Crippen LogP contribution in [-0.2, 0) is 15.9 Å². The molecule has 1 aliphatic heterocycles. The fraction of sp³-hybridized carbons (Fsp3) is 0.667. The van der Waals surface area contributed by atoms with Crippen molar-refractivity contribution in [1.82, 2.24) is 0 Å². The molecule has 1 aromatic rings. The number of ether oxygens (including phenoxy) is 3. The van der Waals surface area contributed by atoms with Crippen molar-refractivity contribution in [3.63, 3.8) is 0 Å². The first-order chi connectivity index (χ1) is 12.1. The average Bonchev–Trinajstić information content (AvgIpc) is 2.63. The van der Waals surface area contributed by atoms with Crippen molar-refractivity contribution in [2.24, 2.45) is 0 Å². The number of benzene rings is 1. The lowest BCUT2D eigenvalue weighted by molar-refractivity contribution is -0.301. The molecular weight excluding hydrogens is 328 g/mol. The predicted octanol–water partition coefficient (Wildman–Crippen LogP) is 0.224. The van der Waals surface area contributed by atoms with Crippen LogP contribution in [0.3, 0.4) is 0 Å². The Bertz CT molecular complexity index is 491. The van der Waals surface area contributed by atoms with Crippen molar-refractivity contribution in [3.05, 3.63) is 29.8 Å². The van der Waals surface area contributed by atoms with Crippen LogP contribution in [0.25, 0.3) is 0 Å². The molecule has 1 unspecified atom stereocenters. The molecular formula is C18H28O7. The van der Waals surface area contributed by atoms with Crippen LogP contribution in [0.1, 0.15) is 25.3 Å². The fourth-order valence-corrected chi connectivity index (χ4v) is 2.75. The smallest absolute Gasteiger partial charge is 0.186 e. The van der Waals surface area contributed by atoms with Gasteiger partial charge in [0.1, 0.15) is 30.2 Å². The first-order valence-electron chi connectivity index (χ1n) is 8.70. The molecule has 0 amide bonds. The quantitative estimate of drug-likeness (QED) is 0.469. The second kappa shape index (κ2) is 10.1. The van der Waals surface area contributed by atoms with Crippen LogP contribution in [0.5, 0.6) is 5.75 Å². The van der Waals surface area contributed by atoms with Crippen molar-refractivity contribution in [2.75, 3.05) is 19.8 Å². The van der Waals surface area contributed by atoms with E-state index in [4.69, 9.17) is 19.3 Å². The zero-order valence-electron chi connectivity index (χ0n) is 14.5. The third kappa shape index (κ3) is 5.64. The molecule has 4 N–H and O–H groups in total. The molecule has 0 bridgehead atoms. The molecule has 1 saturated heterocycles. The minimum absolute atomic E-state index is 0.347. The van der Waals surface area contributed by atoms with E-state index >= 15 is 0 Å². The summed E-state index contributed by atoms with van der Waals surface area (Å²) < 4.78 is 16.1. The maximum absolute atomic E-state index is 9.87. The Kier molecular flexibility index (Phi) is 8.08. The van der Waals surface area contributed by atoms with Gasteiger partial charge in [-0.3, -0.25) is 0 Å². The van der Waals surface area contributed by atoms with Gasteiger partial charge in [0.2, 0.25) is 0 Å². The molecule has 0 radical (unpaired) electrons. The van der Waals surface area contributed by atoms with Gasteiger partial charge >= 0.3 is 0 Å². The van der Waals surface area contributed by atoms with Crippen molar-refractivity contribution < 1.29 is 34.6 Å². The van der Waals surface area contributed by atoms with Crippen molar-refractivity contribution in [2.45, 2.75) is 56.9 Å². The largest absolute Gasteiger partial charge is 0.494 e. The highest BCUT2D eigenvalue weighted by molar-refractivity contribution is 5.27. The Labute approximate surface area is 147 Å². The molecule has 5 atom stereocenters. The lowest BCUT2D eigenvalue weighted by Crippen LogP contribution is -2.59. The monoisotopic (exact) mass is 356 g/mol. The van der Waals surface area contributed by atoms with Gasteiger partial charge in [-0.15, -0.1) is 0 Å². The zero-order valence-corrected chi connectivity index (χ0v) is 14.5. The van der Waals surface area contributed by atoms with E-state index in [1.165, 1.54) is 5.56 Å². The van der Waals surface area contributed by atoms with Crippen LogP contribution >= 0.6 is 0 Å². The molecule has 0 aromatic heterocycles. The fourth-order valence-electron chi connectivity index (χ4n) is 2.75. The number of hydrogen-bond donors (Lipinski definition) is 4. The summed E-state index contributed by atoms with van der Waals surface area (Å²) in [7, 11) is 0. The predicted molar refractivity (Wildman–Crippen MR) is 90.3 cm³/mol. The molecule has 1 heterocycles. The Morgan fingerprint density at radius 1 is 1.00 bits per heavy atom. The Balaban J connectivity index is 1.68. The van der Waals surface area contributed by atoms with Crippen molar-refractivity contribution in [3.8, 4) is 5.75 Å². The second-order valence-electron chi connectivity index (χ2n) is 6.10. The summed E-state index contributed by atoms with van der Waals surface area (Å²) in [5.74, 6) is 0.859. The van der Waals surface area contributed by atoms with E-state index < -0.39 is 37.3 Å². The molecule has 0 spiro atoms. The van der Waals surface area contributed by atoms with Gasteiger partial charge in [0.05, 0.1) is 13.2 Å². The van der Waals surface area contributed by atoms with E-state index in [2.05, 4.69) is 0 Å². The second-order valence-corrected chi connectivity index (χ2v) is 6.10. The van der Waals surface area contributed by atoms with Crippen LogP contribution in [-0.4, -0.2) is 71.0 Å². The molecule has 7 nitrogen and oxygen atoms in total. The molecule has 2 rings (SSSR count). The molecule has 1 aliphatic rings. The highest BCUT2D eigenvalue weighted by atomic mass is 16.7. The van der Waals surface area contributed by atoms with E-state index in [9.17, 15) is 15.3 Å². The normalized spacial score (nSPS) is 29.6. The lowest BCUT2D eigenvalue weighted by atomic mass is 9.99. The Morgan fingerprint density at radius 2 is 1.72 bits per heavy atom. The first kappa shape index (κ1) is 20.1. The van der Waals surface area contributed by atoms with E-state index in [0.29, 0.717) is 13.2 Å². The van der Waals surface area contributed by atoms with Gasteiger partial charge < -0.3 is 34.6 Å². The molecule has 25 heavy (non-hydrogen) atoms. The number of aliphatic hydroxyl groups is 4. The average molecular weight is 356 g/mol. The SMILES string of the molecule is CCOc1ccc(CCCCO[C@@H]2OC(CO)[C@@H](O)[C@H](O)[C@H]2O)cc1. The van der Waals surface area contributed by atoms with Gasteiger partial charge in [0.15, 0.2) is 6.29 Å². The number of hydrogen-bond acceptors (Lipinski definition) is 7. The summed E-state index contributed by atoms with van der Waals surface area (Å²) >= 11 is 0. The zero-order chi connectivity index (χ0) is 18.2. The summed E-state index contributed by atoms with van der Waals surface area (Å²) in [5, 5.41) is 38.4. The van der Waals surface area contributed by atoms with Crippen LogP contribution in [0.4, 0.5) is 0 Å². The van der Waals surface area contributed by atoms with Gasteiger partial charge in [-0.25, -0.2) is 0 Å². The number of aliphatic hydroxyl groups excluding tert-OH is 4. The van der Waals surface area contributed by atoms with Gasteiger partial charge in [-0.05, 0) is 43.9 Å². The Morgan fingerprint density at radius 3 is 2.36 bits per heavy atom. The summed E-state index contributed by atoms with van der Waals surface area (Å²) in [4.78, 5) is 0. The maximum Gasteiger partial charge on any atom is 0.186 e. The maximum atomic E-state index is 9.87. The summed E-state index contributed by atoms with van der Waals surface area (Å²) in [6, 6.07) is 7.96. The van der Waals surface area contributed by atoms with Gasteiger partial charge in [0, 0.05) is 6.61 Å². The summed E-state index contributed by atoms with van der Waals surface area (Å²) in [6.45, 7) is 2.49. The Hall–Kier alpha value is -1.22.